The van der Waals surface area contributed by atoms with Crippen LogP contribution in [0, 0.1) is 0 Å². The molecule has 72 valence electrons. The minimum Gasteiger partial charge on any atom is -0.294 e. The Morgan fingerprint density at radius 3 is 2.33 bits per heavy atom. The molecule has 12 heavy (non-hydrogen) atoms. The van der Waals surface area contributed by atoms with Gasteiger partial charge in [-0.1, -0.05) is 12.2 Å². The Morgan fingerprint density at radius 1 is 1.50 bits per heavy atom. The molecule has 0 unspecified atom stereocenters. The van der Waals surface area contributed by atoms with Crippen LogP contribution in [0.2, 0.25) is 0 Å². The summed E-state index contributed by atoms with van der Waals surface area (Å²) in [6.07, 6.45) is -4.13. The van der Waals surface area contributed by atoms with Crippen LogP contribution >= 0.6 is 12.6 Å². The smallest absolute Gasteiger partial charge is 0.294 e. The van der Waals surface area contributed by atoms with Crippen molar-refractivity contribution in [1.82, 2.24) is 4.90 Å². The van der Waals surface area contributed by atoms with Crippen LogP contribution in [0.1, 0.15) is 0 Å². The lowest BCUT2D eigenvalue weighted by Gasteiger charge is -2.18. The van der Waals surface area contributed by atoms with Crippen molar-refractivity contribution < 1.29 is 13.2 Å². The number of alkyl halides is 3. The van der Waals surface area contributed by atoms with Crippen molar-refractivity contribution in [3.05, 3.63) is 12.2 Å². The van der Waals surface area contributed by atoms with Gasteiger partial charge in [-0.05, 0) is 7.05 Å². The highest BCUT2D eigenvalue weighted by Gasteiger charge is 2.28. The standard InChI is InChI=1S/C7H12F3NS/c1-6(4-12)3-11(2)5-7(8,9)10/h12H,1,3-5H2,2H3. The SMILES string of the molecule is C=C(CS)CN(C)CC(F)(F)F. The first-order valence-corrected chi connectivity index (χ1v) is 4.01. The monoisotopic (exact) mass is 199 g/mol. The first-order chi connectivity index (χ1) is 5.35. The molecule has 0 amide bonds. The van der Waals surface area contributed by atoms with E-state index in [1.807, 2.05) is 0 Å². The molecule has 0 aromatic carbocycles. The third-order valence-corrected chi connectivity index (χ3v) is 1.61. The van der Waals surface area contributed by atoms with Crippen molar-refractivity contribution in [2.24, 2.45) is 0 Å². The summed E-state index contributed by atoms with van der Waals surface area (Å²) < 4.78 is 35.3. The van der Waals surface area contributed by atoms with Crippen molar-refractivity contribution in [1.29, 1.82) is 0 Å². The van der Waals surface area contributed by atoms with E-state index in [-0.39, 0.29) is 6.54 Å². The first-order valence-electron chi connectivity index (χ1n) is 3.38. The van der Waals surface area contributed by atoms with Crippen LogP contribution in [0.25, 0.3) is 0 Å². The Kier molecular flexibility index (Phi) is 4.70. The van der Waals surface area contributed by atoms with Gasteiger partial charge in [0.25, 0.3) is 0 Å². The number of halogens is 3. The highest BCUT2D eigenvalue weighted by molar-refractivity contribution is 7.80. The van der Waals surface area contributed by atoms with E-state index in [1.54, 1.807) is 0 Å². The molecular formula is C7H12F3NS. The lowest BCUT2D eigenvalue weighted by molar-refractivity contribution is -0.142. The third-order valence-electron chi connectivity index (χ3n) is 1.17. The average molecular weight is 199 g/mol. The molecule has 0 rings (SSSR count). The van der Waals surface area contributed by atoms with E-state index >= 15 is 0 Å². The molecule has 0 N–H and O–H groups in total. The molecule has 0 radical (unpaired) electrons. The minimum absolute atomic E-state index is 0.239. The maximum atomic E-state index is 11.8. The molecule has 0 heterocycles. The molecule has 0 aromatic heterocycles. The molecule has 0 saturated carbocycles. The van der Waals surface area contributed by atoms with Gasteiger partial charge in [-0.15, -0.1) is 0 Å². The number of hydrogen-bond acceptors (Lipinski definition) is 2. The van der Waals surface area contributed by atoms with Crippen LogP contribution in [0.3, 0.4) is 0 Å². The van der Waals surface area contributed by atoms with E-state index < -0.39 is 12.7 Å². The topological polar surface area (TPSA) is 3.24 Å². The quantitative estimate of drug-likeness (QED) is 0.535. The van der Waals surface area contributed by atoms with E-state index in [1.165, 1.54) is 11.9 Å². The Labute approximate surface area is 75.7 Å². The predicted octanol–water partition coefficient (Wildman–Crippen LogP) is 1.97. The Morgan fingerprint density at radius 2 is 2.00 bits per heavy atom. The largest absolute Gasteiger partial charge is 0.401 e. The lowest BCUT2D eigenvalue weighted by Crippen LogP contribution is -2.32. The van der Waals surface area contributed by atoms with Gasteiger partial charge < -0.3 is 0 Å². The zero-order valence-electron chi connectivity index (χ0n) is 6.86. The van der Waals surface area contributed by atoms with Gasteiger partial charge in [0.1, 0.15) is 0 Å². The first kappa shape index (κ1) is 11.8. The van der Waals surface area contributed by atoms with Crippen LogP contribution in [0.4, 0.5) is 13.2 Å². The van der Waals surface area contributed by atoms with Crippen molar-refractivity contribution >= 4 is 12.6 Å². The number of thiol groups is 1. The van der Waals surface area contributed by atoms with Crippen LogP contribution in [-0.2, 0) is 0 Å². The second kappa shape index (κ2) is 4.77. The second-order valence-corrected chi connectivity index (χ2v) is 3.01. The Balaban J connectivity index is 3.74. The van der Waals surface area contributed by atoms with Crippen molar-refractivity contribution in [2.75, 3.05) is 25.9 Å². The molecule has 0 aliphatic rings. The Bertz CT molecular complexity index is 155. The van der Waals surface area contributed by atoms with Crippen LogP contribution in [-0.4, -0.2) is 37.0 Å². The van der Waals surface area contributed by atoms with E-state index in [2.05, 4.69) is 19.2 Å². The number of nitrogens with zero attached hydrogens (tertiary/aromatic N) is 1. The molecule has 0 spiro atoms. The molecule has 0 fully saturated rings. The van der Waals surface area contributed by atoms with Crippen molar-refractivity contribution in [2.45, 2.75) is 6.18 Å². The maximum Gasteiger partial charge on any atom is 0.401 e. The van der Waals surface area contributed by atoms with E-state index in [0.29, 0.717) is 11.3 Å². The molecule has 0 aliphatic carbocycles. The summed E-state index contributed by atoms with van der Waals surface area (Å²) in [6, 6.07) is 0. The van der Waals surface area contributed by atoms with Gasteiger partial charge in [0.2, 0.25) is 0 Å². The summed E-state index contributed by atoms with van der Waals surface area (Å²) >= 11 is 3.89. The molecule has 0 atom stereocenters. The predicted molar refractivity (Wildman–Crippen MR) is 46.5 cm³/mol. The van der Waals surface area contributed by atoms with Crippen molar-refractivity contribution in [3.63, 3.8) is 0 Å². The van der Waals surface area contributed by atoms with Crippen molar-refractivity contribution in [3.8, 4) is 0 Å². The molecule has 1 nitrogen and oxygen atoms in total. The van der Waals surface area contributed by atoms with Crippen LogP contribution in [0.15, 0.2) is 12.2 Å². The fourth-order valence-electron chi connectivity index (χ4n) is 0.794. The molecule has 0 aromatic rings. The lowest BCUT2D eigenvalue weighted by atomic mass is 10.3. The van der Waals surface area contributed by atoms with Gasteiger partial charge in [-0.3, -0.25) is 4.90 Å². The summed E-state index contributed by atoms with van der Waals surface area (Å²) in [6.45, 7) is 2.89. The van der Waals surface area contributed by atoms with Gasteiger partial charge in [0.05, 0.1) is 6.54 Å². The fourth-order valence-corrected chi connectivity index (χ4v) is 0.894. The van der Waals surface area contributed by atoms with Gasteiger partial charge in [-0.25, -0.2) is 0 Å². The third kappa shape index (κ3) is 6.54. The summed E-state index contributed by atoms with van der Waals surface area (Å²) in [5.41, 5.74) is 0.685. The minimum atomic E-state index is -4.13. The number of rotatable bonds is 4. The van der Waals surface area contributed by atoms with E-state index in [4.69, 9.17) is 0 Å². The molecule has 0 saturated heterocycles. The van der Waals surface area contributed by atoms with Gasteiger partial charge >= 0.3 is 6.18 Å². The summed E-state index contributed by atoms with van der Waals surface area (Å²) in [4.78, 5) is 1.17. The van der Waals surface area contributed by atoms with Crippen LogP contribution < -0.4 is 0 Å². The average Bonchev–Trinajstić information content (AvgIpc) is 1.82. The summed E-state index contributed by atoms with van der Waals surface area (Å²) in [7, 11) is 1.40. The van der Waals surface area contributed by atoms with Gasteiger partial charge in [0, 0.05) is 12.3 Å². The van der Waals surface area contributed by atoms with E-state index in [9.17, 15) is 13.2 Å². The highest BCUT2D eigenvalue weighted by atomic mass is 32.1. The molecule has 5 heteroatoms. The Hall–Kier alpha value is -0.160. The number of likely N-dealkylation sites (N-methyl/N-ethyl adjacent to an activating group) is 1. The van der Waals surface area contributed by atoms with Gasteiger partial charge in [-0.2, -0.15) is 25.8 Å². The molecular weight excluding hydrogens is 187 g/mol. The zero-order valence-corrected chi connectivity index (χ0v) is 7.75. The second-order valence-electron chi connectivity index (χ2n) is 2.70. The molecule has 0 aliphatic heterocycles. The fraction of sp³-hybridized carbons (Fsp3) is 0.714. The number of hydrogen-bond donors (Lipinski definition) is 1. The highest BCUT2D eigenvalue weighted by Crippen LogP contribution is 2.15. The maximum absolute atomic E-state index is 11.8. The summed E-state index contributed by atoms with van der Waals surface area (Å²) in [5, 5.41) is 0. The molecule has 0 bridgehead atoms. The van der Waals surface area contributed by atoms with E-state index in [0.717, 1.165) is 0 Å². The normalized spacial score (nSPS) is 12.2. The van der Waals surface area contributed by atoms with Crippen LogP contribution in [0.5, 0.6) is 0 Å². The van der Waals surface area contributed by atoms with Gasteiger partial charge in [0.15, 0.2) is 0 Å². The summed E-state index contributed by atoms with van der Waals surface area (Å²) in [5.74, 6) is 0.419. The zero-order chi connectivity index (χ0) is 9.78.